The molecule has 2 aliphatic carbocycles. The van der Waals surface area contributed by atoms with E-state index in [0.717, 1.165) is 12.3 Å². The molecule has 3 N–H and O–H groups in total. The third kappa shape index (κ3) is 2.81. The molecule has 120 valence electrons. The summed E-state index contributed by atoms with van der Waals surface area (Å²) in [5.41, 5.74) is 0.461. The molecule has 3 unspecified atom stereocenters. The van der Waals surface area contributed by atoms with Crippen LogP contribution in [0.1, 0.15) is 31.5 Å². The molecule has 2 amide bonds. The Kier molecular flexibility index (Phi) is 3.52. The number of aromatic nitrogens is 2. The highest BCUT2D eigenvalue weighted by atomic mass is 16.2. The van der Waals surface area contributed by atoms with Crippen molar-refractivity contribution in [3.63, 3.8) is 0 Å². The molecule has 2 aliphatic rings. The van der Waals surface area contributed by atoms with Crippen LogP contribution in [0.5, 0.6) is 0 Å². The van der Waals surface area contributed by atoms with Crippen LogP contribution in [0.25, 0.3) is 10.9 Å². The summed E-state index contributed by atoms with van der Waals surface area (Å²) in [6.07, 6.45) is 4.90. The number of nitrogens with zero attached hydrogens (tertiary/aromatic N) is 1. The van der Waals surface area contributed by atoms with E-state index in [1.807, 2.05) is 6.07 Å². The van der Waals surface area contributed by atoms with Crippen molar-refractivity contribution in [3.05, 3.63) is 40.4 Å². The van der Waals surface area contributed by atoms with Crippen LogP contribution < -0.4 is 16.2 Å². The molecule has 2 fully saturated rings. The van der Waals surface area contributed by atoms with Gasteiger partial charge in [-0.1, -0.05) is 18.6 Å². The number of hydrogen-bond acceptors (Lipinski definition) is 3. The number of H-pyrrole nitrogens is 1. The maximum Gasteiger partial charge on any atom is 0.315 e. The molecule has 1 heterocycles. The lowest BCUT2D eigenvalue weighted by Crippen LogP contribution is -2.44. The van der Waals surface area contributed by atoms with Gasteiger partial charge in [-0.2, -0.15) is 0 Å². The highest BCUT2D eigenvalue weighted by molar-refractivity contribution is 5.77. The van der Waals surface area contributed by atoms with Crippen LogP contribution in [0, 0.1) is 11.8 Å². The minimum absolute atomic E-state index is 0.180. The minimum Gasteiger partial charge on any atom is -0.335 e. The van der Waals surface area contributed by atoms with Gasteiger partial charge < -0.3 is 15.6 Å². The van der Waals surface area contributed by atoms with Crippen molar-refractivity contribution >= 4 is 16.9 Å². The van der Waals surface area contributed by atoms with Gasteiger partial charge in [-0.05, 0) is 43.2 Å². The number of hydrogen-bond donors (Lipinski definition) is 3. The lowest BCUT2D eigenvalue weighted by molar-refractivity contribution is 0.230. The van der Waals surface area contributed by atoms with E-state index >= 15 is 0 Å². The Hall–Kier alpha value is -2.37. The van der Waals surface area contributed by atoms with Crippen LogP contribution >= 0.6 is 0 Å². The fourth-order valence-electron chi connectivity index (χ4n) is 4.02. The third-order valence-corrected chi connectivity index (χ3v) is 5.13. The summed E-state index contributed by atoms with van der Waals surface area (Å²) in [6, 6.07) is 7.30. The van der Waals surface area contributed by atoms with Gasteiger partial charge in [0.05, 0.1) is 17.4 Å². The van der Waals surface area contributed by atoms with Crippen molar-refractivity contribution in [3.8, 4) is 0 Å². The Balaban J connectivity index is 1.39. The number of urea groups is 1. The normalized spacial score (nSPS) is 25.7. The topological polar surface area (TPSA) is 86.9 Å². The second-order valence-electron chi connectivity index (χ2n) is 6.64. The standard InChI is InChI=1S/C17H20N4O2/c22-16-12-3-1-2-4-13(12)19-15(21-16)9-18-17(23)20-14-8-10-5-6-11(14)7-10/h1-4,10-11,14H,5-9H2,(H2,18,20,23)(H,19,21,22). The first kappa shape index (κ1) is 14.2. The van der Waals surface area contributed by atoms with E-state index in [-0.39, 0.29) is 18.1 Å². The third-order valence-electron chi connectivity index (χ3n) is 5.13. The van der Waals surface area contributed by atoms with Crippen molar-refractivity contribution in [2.75, 3.05) is 0 Å². The summed E-state index contributed by atoms with van der Waals surface area (Å²) < 4.78 is 0. The summed E-state index contributed by atoms with van der Waals surface area (Å²) in [4.78, 5) is 31.1. The molecule has 23 heavy (non-hydrogen) atoms. The summed E-state index contributed by atoms with van der Waals surface area (Å²) in [5, 5.41) is 6.42. The highest BCUT2D eigenvalue weighted by Crippen LogP contribution is 2.44. The molecule has 1 aromatic heterocycles. The smallest absolute Gasteiger partial charge is 0.315 e. The summed E-state index contributed by atoms with van der Waals surface area (Å²) >= 11 is 0. The van der Waals surface area contributed by atoms with Crippen molar-refractivity contribution in [1.82, 2.24) is 20.6 Å². The summed E-state index contributed by atoms with van der Waals surface area (Å²) in [5.74, 6) is 1.91. The lowest BCUT2D eigenvalue weighted by Gasteiger charge is -2.22. The van der Waals surface area contributed by atoms with Gasteiger partial charge in [0.25, 0.3) is 5.56 Å². The second kappa shape index (κ2) is 5.68. The zero-order valence-corrected chi connectivity index (χ0v) is 12.8. The number of carbonyl (C=O) groups is 1. The minimum atomic E-state index is -0.182. The number of benzene rings is 1. The van der Waals surface area contributed by atoms with Crippen LogP contribution in [0.4, 0.5) is 4.79 Å². The number of nitrogens with one attached hydrogen (secondary N) is 3. The van der Waals surface area contributed by atoms with Gasteiger partial charge in [0.2, 0.25) is 0 Å². The molecule has 0 radical (unpaired) electrons. The molecular weight excluding hydrogens is 292 g/mol. The number of aromatic amines is 1. The van der Waals surface area contributed by atoms with Crippen molar-refractivity contribution in [1.29, 1.82) is 0 Å². The Bertz CT molecular complexity index is 801. The summed E-state index contributed by atoms with van der Waals surface area (Å²) in [7, 11) is 0. The molecule has 2 bridgehead atoms. The van der Waals surface area contributed by atoms with E-state index in [1.54, 1.807) is 18.2 Å². The Morgan fingerprint density at radius 3 is 2.91 bits per heavy atom. The number of fused-ring (bicyclic) bond motifs is 3. The van der Waals surface area contributed by atoms with E-state index < -0.39 is 0 Å². The quantitative estimate of drug-likeness (QED) is 0.809. The molecule has 2 saturated carbocycles. The fourth-order valence-corrected chi connectivity index (χ4v) is 4.02. The first-order chi connectivity index (χ1) is 11.2. The van der Waals surface area contributed by atoms with Crippen molar-refractivity contribution in [2.45, 2.75) is 38.3 Å². The van der Waals surface area contributed by atoms with E-state index in [1.165, 1.54) is 19.3 Å². The van der Waals surface area contributed by atoms with Crippen LogP contribution in [0.15, 0.2) is 29.1 Å². The Labute approximate surface area is 133 Å². The van der Waals surface area contributed by atoms with Gasteiger partial charge in [-0.25, -0.2) is 9.78 Å². The molecule has 0 aliphatic heterocycles. The van der Waals surface area contributed by atoms with Gasteiger partial charge in [0.15, 0.2) is 0 Å². The van der Waals surface area contributed by atoms with Crippen molar-refractivity contribution < 1.29 is 4.79 Å². The van der Waals surface area contributed by atoms with E-state index in [2.05, 4.69) is 20.6 Å². The SMILES string of the molecule is O=C(NCc1nc2ccccc2c(=O)[nH]1)NC1CC2CCC1C2. The zero-order valence-electron chi connectivity index (χ0n) is 12.8. The predicted octanol–water partition coefficient (Wildman–Crippen LogP) is 1.91. The average Bonchev–Trinajstić information content (AvgIpc) is 3.16. The molecule has 6 nitrogen and oxygen atoms in total. The molecule has 4 rings (SSSR count). The molecule has 6 heteroatoms. The number of rotatable bonds is 3. The number of carbonyl (C=O) groups excluding carboxylic acids is 1. The molecule has 3 atom stereocenters. The molecule has 0 spiro atoms. The van der Waals surface area contributed by atoms with Crippen LogP contribution in [0.3, 0.4) is 0 Å². The first-order valence-electron chi connectivity index (χ1n) is 8.21. The van der Waals surface area contributed by atoms with E-state index in [9.17, 15) is 9.59 Å². The van der Waals surface area contributed by atoms with E-state index in [4.69, 9.17) is 0 Å². The highest BCUT2D eigenvalue weighted by Gasteiger charge is 2.40. The lowest BCUT2D eigenvalue weighted by atomic mass is 9.95. The van der Waals surface area contributed by atoms with Crippen LogP contribution in [-0.2, 0) is 6.54 Å². The van der Waals surface area contributed by atoms with Gasteiger partial charge in [-0.15, -0.1) is 0 Å². The monoisotopic (exact) mass is 312 g/mol. The largest absolute Gasteiger partial charge is 0.335 e. The van der Waals surface area contributed by atoms with Gasteiger partial charge in [0, 0.05) is 6.04 Å². The second-order valence-corrected chi connectivity index (χ2v) is 6.64. The molecular formula is C17H20N4O2. The van der Waals surface area contributed by atoms with Crippen LogP contribution in [0.2, 0.25) is 0 Å². The summed E-state index contributed by atoms with van der Waals surface area (Å²) in [6.45, 7) is 0.215. The van der Waals surface area contributed by atoms with Crippen LogP contribution in [-0.4, -0.2) is 22.0 Å². The molecule has 1 aromatic carbocycles. The maximum absolute atomic E-state index is 12.1. The molecule has 2 aromatic rings. The Morgan fingerprint density at radius 2 is 2.13 bits per heavy atom. The van der Waals surface area contributed by atoms with E-state index in [0.29, 0.717) is 28.7 Å². The van der Waals surface area contributed by atoms with Crippen molar-refractivity contribution in [2.24, 2.45) is 11.8 Å². The zero-order chi connectivity index (χ0) is 15.8. The van der Waals surface area contributed by atoms with Gasteiger partial charge in [0.1, 0.15) is 5.82 Å². The average molecular weight is 312 g/mol. The fraction of sp³-hybridized carbons (Fsp3) is 0.471. The Morgan fingerprint density at radius 1 is 1.26 bits per heavy atom. The molecule has 0 saturated heterocycles. The number of amides is 2. The number of para-hydroxylation sites is 1. The maximum atomic E-state index is 12.1. The predicted molar refractivity (Wildman–Crippen MR) is 87.0 cm³/mol. The van der Waals surface area contributed by atoms with Gasteiger partial charge >= 0.3 is 6.03 Å². The first-order valence-corrected chi connectivity index (χ1v) is 8.21. The van der Waals surface area contributed by atoms with Gasteiger partial charge in [-0.3, -0.25) is 4.79 Å².